The van der Waals surface area contributed by atoms with Crippen LogP contribution in [0.5, 0.6) is 0 Å². The molecule has 1 aromatic heterocycles. The molecule has 1 N–H and O–H groups in total. The summed E-state index contributed by atoms with van der Waals surface area (Å²) in [7, 11) is 0. The second-order valence-corrected chi connectivity index (χ2v) is 7.12. The molecule has 0 saturated carbocycles. The van der Waals surface area contributed by atoms with Gasteiger partial charge in [0.15, 0.2) is 0 Å². The van der Waals surface area contributed by atoms with E-state index in [2.05, 4.69) is 24.1 Å². The van der Waals surface area contributed by atoms with E-state index >= 15 is 0 Å². The van der Waals surface area contributed by atoms with E-state index in [1.54, 1.807) is 0 Å². The lowest BCUT2D eigenvalue weighted by Gasteiger charge is -2.34. The maximum absolute atomic E-state index is 12.3. The third-order valence-corrected chi connectivity index (χ3v) is 4.56. The lowest BCUT2D eigenvalue weighted by molar-refractivity contribution is -0.123. The van der Waals surface area contributed by atoms with Gasteiger partial charge in [-0.2, -0.15) is 0 Å². The summed E-state index contributed by atoms with van der Waals surface area (Å²) >= 11 is 0. The van der Waals surface area contributed by atoms with Gasteiger partial charge in [-0.05, 0) is 37.3 Å². The molecule has 124 valence electrons. The Morgan fingerprint density at radius 3 is 2.70 bits per heavy atom. The van der Waals surface area contributed by atoms with E-state index in [1.165, 1.54) is 6.42 Å². The number of nitrogens with zero attached hydrogens (tertiary/aromatic N) is 1. The van der Waals surface area contributed by atoms with Gasteiger partial charge in [0, 0.05) is 18.5 Å². The number of furan rings is 1. The van der Waals surface area contributed by atoms with Crippen LogP contribution < -0.4 is 5.32 Å². The Kier molecular flexibility index (Phi) is 4.71. The average molecular weight is 314 g/mol. The quantitative estimate of drug-likeness (QED) is 0.938. The third-order valence-electron chi connectivity index (χ3n) is 4.56. The number of fused-ring (bicyclic) bond motifs is 1. The fourth-order valence-electron chi connectivity index (χ4n) is 3.70. The molecular weight excluding hydrogens is 288 g/mol. The number of hydrogen-bond acceptors (Lipinski definition) is 3. The summed E-state index contributed by atoms with van der Waals surface area (Å²) in [5.41, 5.74) is 0.863. The molecule has 1 saturated heterocycles. The fraction of sp³-hybridized carbons (Fsp3) is 0.526. The number of likely N-dealkylation sites (tertiary alicyclic amines) is 1. The highest BCUT2D eigenvalue weighted by atomic mass is 16.3. The monoisotopic (exact) mass is 314 g/mol. The van der Waals surface area contributed by atoms with E-state index < -0.39 is 0 Å². The molecule has 1 fully saturated rings. The second-order valence-electron chi connectivity index (χ2n) is 7.12. The molecule has 1 aliphatic rings. The normalized spacial score (nSPS) is 23.8. The van der Waals surface area contributed by atoms with Crippen molar-refractivity contribution in [3.05, 3.63) is 36.1 Å². The van der Waals surface area contributed by atoms with Crippen LogP contribution in [-0.4, -0.2) is 30.4 Å². The van der Waals surface area contributed by atoms with Crippen molar-refractivity contribution in [1.29, 1.82) is 0 Å². The van der Waals surface area contributed by atoms with E-state index in [4.69, 9.17) is 4.42 Å². The Hall–Kier alpha value is -1.81. The zero-order valence-corrected chi connectivity index (χ0v) is 14.2. The molecule has 0 unspecified atom stereocenters. The van der Waals surface area contributed by atoms with Gasteiger partial charge in [-0.3, -0.25) is 9.69 Å². The first-order chi connectivity index (χ1) is 11.0. The largest absolute Gasteiger partial charge is 0.459 e. The van der Waals surface area contributed by atoms with Crippen LogP contribution >= 0.6 is 0 Å². The Labute approximate surface area is 137 Å². The summed E-state index contributed by atoms with van der Waals surface area (Å²) < 4.78 is 5.83. The molecule has 1 aliphatic heterocycles. The molecule has 2 aromatic rings. The standard InChI is InChI=1S/C19H26N2O2/c1-13-8-14(2)11-21(10-13)12-19(22)20-15(3)18-9-16-6-4-5-7-17(16)23-18/h4-7,9,13-15H,8,10-12H2,1-3H3,(H,20,22)/t13-,14+,15-/m0/s1. The minimum absolute atomic E-state index is 0.0688. The number of piperidine rings is 1. The van der Waals surface area contributed by atoms with Crippen molar-refractivity contribution in [2.75, 3.05) is 19.6 Å². The van der Waals surface area contributed by atoms with Crippen LogP contribution in [0, 0.1) is 11.8 Å². The molecular formula is C19H26N2O2. The molecule has 0 bridgehead atoms. The van der Waals surface area contributed by atoms with Gasteiger partial charge in [0.2, 0.25) is 5.91 Å². The van der Waals surface area contributed by atoms with E-state index in [0.29, 0.717) is 18.4 Å². The summed E-state index contributed by atoms with van der Waals surface area (Å²) in [5, 5.41) is 4.13. The molecule has 3 atom stereocenters. The minimum atomic E-state index is -0.116. The predicted molar refractivity (Wildman–Crippen MR) is 92.2 cm³/mol. The number of amides is 1. The smallest absolute Gasteiger partial charge is 0.234 e. The van der Waals surface area contributed by atoms with Crippen LogP contribution in [0.25, 0.3) is 11.0 Å². The highest BCUT2D eigenvalue weighted by molar-refractivity contribution is 5.80. The van der Waals surface area contributed by atoms with Gasteiger partial charge in [-0.1, -0.05) is 32.0 Å². The summed E-state index contributed by atoms with van der Waals surface area (Å²) in [6.07, 6.45) is 1.26. The molecule has 23 heavy (non-hydrogen) atoms. The number of rotatable bonds is 4. The Morgan fingerprint density at radius 1 is 1.30 bits per heavy atom. The first kappa shape index (κ1) is 16.1. The van der Waals surface area contributed by atoms with Gasteiger partial charge in [0.1, 0.15) is 11.3 Å². The van der Waals surface area contributed by atoms with Gasteiger partial charge in [-0.15, -0.1) is 0 Å². The lowest BCUT2D eigenvalue weighted by atomic mass is 9.92. The summed E-state index contributed by atoms with van der Waals surface area (Å²) in [5.74, 6) is 2.21. The lowest BCUT2D eigenvalue weighted by Crippen LogP contribution is -2.44. The maximum atomic E-state index is 12.3. The van der Waals surface area contributed by atoms with Gasteiger partial charge in [-0.25, -0.2) is 0 Å². The molecule has 4 heteroatoms. The van der Waals surface area contributed by atoms with E-state index in [-0.39, 0.29) is 11.9 Å². The first-order valence-corrected chi connectivity index (χ1v) is 8.51. The zero-order chi connectivity index (χ0) is 16.4. The van der Waals surface area contributed by atoms with Gasteiger partial charge in [0.25, 0.3) is 0 Å². The molecule has 0 spiro atoms. The van der Waals surface area contributed by atoms with Crippen LogP contribution in [-0.2, 0) is 4.79 Å². The second kappa shape index (κ2) is 6.75. The van der Waals surface area contributed by atoms with Crippen molar-refractivity contribution in [1.82, 2.24) is 10.2 Å². The highest BCUT2D eigenvalue weighted by Gasteiger charge is 2.24. The SMILES string of the molecule is C[C@@H]1C[C@H](C)CN(CC(=O)N[C@@H](C)c2cc3ccccc3o2)C1. The van der Waals surface area contributed by atoms with Crippen LogP contribution in [0.3, 0.4) is 0 Å². The third kappa shape index (κ3) is 3.94. The molecule has 4 nitrogen and oxygen atoms in total. The maximum Gasteiger partial charge on any atom is 0.234 e. The molecule has 1 aromatic carbocycles. The average Bonchev–Trinajstić information content (AvgIpc) is 2.89. The Morgan fingerprint density at radius 2 is 2.00 bits per heavy atom. The Balaban J connectivity index is 1.58. The predicted octanol–water partition coefficient (Wildman–Crippen LogP) is 3.59. The van der Waals surface area contributed by atoms with Crippen molar-refractivity contribution < 1.29 is 9.21 Å². The fourth-order valence-corrected chi connectivity index (χ4v) is 3.70. The zero-order valence-electron chi connectivity index (χ0n) is 14.2. The van der Waals surface area contributed by atoms with Gasteiger partial charge < -0.3 is 9.73 Å². The van der Waals surface area contributed by atoms with Crippen LogP contribution in [0.1, 0.15) is 39.0 Å². The molecule has 0 radical (unpaired) electrons. The minimum Gasteiger partial charge on any atom is -0.459 e. The van der Waals surface area contributed by atoms with Crippen LogP contribution in [0.4, 0.5) is 0 Å². The van der Waals surface area contributed by atoms with Crippen molar-refractivity contribution in [2.24, 2.45) is 11.8 Å². The number of benzene rings is 1. The van der Waals surface area contributed by atoms with Crippen LogP contribution in [0.2, 0.25) is 0 Å². The van der Waals surface area contributed by atoms with Crippen molar-refractivity contribution in [2.45, 2.75) is 33.2 Å². The number of carbonyl (C=O) groups excluding carboxylic acids is 1. The first-order valence-electron chi connectivity index (χ1n) is 8.51. The highest BCUT2D eigenvalue weighted by Crippen LogP contribution is 2.24. The van der Waals surface area contributed by atoms with E-state index in [0.717, 1.165) is 29.8 Å². The summed E-state index contributed by atoms with van der Waals surface area (Å²) in [6, 6.07) is 9.80. The van der Waals surface area contributed by atoms with Crippen LogP contribution in [0.15, 0.2) is 34.7 Å². The molecule has 3 rings (SSSR count). The van der Waals surface area contributed by atoms with Gasteiger partial charge >= 0.3 is 0 Å². The number of nitrogens with one attached hydrogen (secondary N) is 1. The summed E-state index contributed by atoms with van der Waals surface area (Å²) in [4.78, 5) is 14.6. The molecule has 2 heterocycles. The van der Waals surface area contributed by atoms with Crippen molar-refractivity contribution in [3.63, 3.8) is 0 Å². The molecule has 1 amide bonds. The number of carbonyl (C=O) groups is 1. The molecule has 0 aliphatic carbocycles. The van der Waals surface area contributed by atoms with E-state index in [9.17, 15) is 4.79 Å². The van der Waals surface area contributed by atoms with E-state index in [1.807, 2.05) is 37.3 Å². The Bertz CT molecular complexity index is 636. The van der Waals surface area contributed by atoms with Crippen molar-refractivity contribution >= 4 is 16.9 Å². The topological polar surface area (TPSA) is 45.5 Å². The van der Waals surface area contributed by atoms with Crippen molar-refractivity contribution in [3.8, 4) is 0 Å². The summed E-state index contributed by atoms with van der Waals surface area (Å²) in [6.45, 7) is 8.99. The number of para-hydroxylation sites is 1. The van der Waals surface area contributed by atoms with Gasteiger partial charge in [0.05, 0.1) is 12.6 Å². The number of hydrogen-bond donors (Lipinski definition) is 1.